The highest BCUT2D eigenvalue weighted by atomic mass is 19.1. The Morgan fingerprint density at radius 3 is 2.75 bits per heavy atom. The Labute approximate surface area is 117 Å². The van der Waals surface area contributed by atoms with Crippen molar-refractivity contribution in [3.63, 3.8) is 0 Å². The van der Waals surface area contributed by atoms with Crippen LogP contribution in [0.1, 0.15) is 31.3 Å². The van der Waals surface area contributed by atoms with Crippen molar-refractivity contribution in [2.45, 2.75) is 33.4 Å². The van der Waals surface area contributed by atoms with Gasteiger partial charge in [0.2, 0.25) is 0 Å². The van der Waals surface area contributed by atoms with E-state index in [9.17, 15) is 9.18 Å². The quantitative estimate of drug-likeness (QED) is 0.932. The maximum absolute atomic E-state index is 13.3. The van der Waals surface area contributed by atoms with Gasteiger partial charge in [0.25, 0.3) is 5.91 Å². The molecule has 2 aromatic rings. The smallest absolute Gasteiger partial charge is 0.269 e. The zero-order valence-corrected chi connectivity index (χ0v) is 11.9. The van der Waals surface area contributed by atoms with Crippen LogP contribution in [0.5, 0.6) is 0 Å². The SMILES string of the molecule is CCn1nc(-c2cccc(F)c2)cc1C(=O)NC(C)C. The van der Waals surface area contributed by atoms with Crippen molar-refractivity contribution >= 4 is 5.91 Å². The Morgan fingerprint density at radius 1 is 1.40 bits per heavy atom. The van der Waals surface area contributed by atoms with Gasteiger partial charge in [0.1, 0.15) is 11.5 Å². The Bertz CT molecular complexity index is 619. The summed E-state index contributed by atoms with van der Waals surface area (Å²) < 4.78 is 14.9. The summed E-state index contributed by atoms with van der Waals surface area (Å²) in [5.74, 6) is -0.487. The van der Waals surface area contributed by atoms with Crippen LogP contribution in [-0.4, -0.2) is 21.7 Å². The second-order valence-corrected chi connectivity index (χ2v) is 4.87. The second-order valence-electron chi connectivity index (χ2n) is 4.87. The molecule has 0 atom stereocenters. The van der Waals surface area contributed by atoms with E-state index >= 15 is 0 Å². The predicted octanol–water partition coefficient (Wildman–Crippen LogP) is 2.85. The summed E-state index contributed by atoms with van der Waals surface area (Å²) >= 11 is 0. The molecule has 0 spiro atoms. The molecule has 5 heteroatoms. The van der Waals surface area contributed by atoms with Gasteiger partial charge in [0.05, 0.1) is 5.69 Å². The van der Waals surface area contributed by atoms with Crippen molar-refractivity contribution in [2.75, 3.05) is 0 Å². The van der Waals surface area contributed by atoms with Crippen LogP contribution < -0.4 is 5.32 Å². The number of aryl methyl sites for hydroxylation is 1. The molecule has 1 heterocycles. The van der Waals surface area contributed by atoms with Gasteiger partial charge in [-0.1, -0.05) is 12.1 Å². The van der Waals surface area contributed by atoms with Gasteiger partial charge >= 0.3 is 0 Å². The Hall–Kier alpha value is -2.17. The molecule has 0 unspecified atom stereocenters. The van der Waals surface area contributed by atoms with Crippen molar-refractivity contribution < 1.29 is 9.18 Å². The van der Waals surface area contributed by atoms with E-state index in [-0.39, 0.29) is 17.8 Å². The third kappa shape index (κ3) is 3.04. The molecule has 0 bridgehead atoms. The van der Waals surface area contributed by atoms with Crippen molar-refractivity contribution in [3.8, 4) is 11.3 Å². The lowest BCUT2D eigenvalue weighted by molar-refractivity contribution is 0.0932. The Morgan fingerprint density at radius 2 is 2.15 bits per heavy atom. The molecule has 0 fully saturated rings. The molecule has 20 heavy (non-hydrogen) atoms. The molecular formula is C15H18FN3O. The van der Waals surface area contributed by atoms with E-state index in [2.05, 4.69) is 10.4 Å². The minimum absolute atomic E-state index is 0.0559. The maximum atomic E-state index is 13.3. The normalized spacial score (nSPS) is 10.8. The van der Waals surface area contributed by atoms with Crippen LogP contribution in [0.4, 0.5) is 4.39 Å². The van der Waals surface area contributed by atoms with Crippen LogP contribution in [0.25, 0.3) is 11.3 Å². The van der Waals surface area contributed by atoms with Crippen molar-refractivity contribution in [3.05, 3.63) is 41.8 Å². The predicted molar refractivity (Wildman–Crippen MR) is 75.9 cm³/mol. The third-order valence-electron chi connectivity index (χ3n) is 2.85. The van der Waals surface area contributed by atoms with E-state index in [1.54, 1.807) is 22.9 Å². The lowest BCUT2D eigenvalue weighted by atomic mass is 10.1. The van der Waals surface area contributed by atoms with E-state index in [1.165, 1.54) is 12.1 Å². The zero-order valence-electron chi connectivity index (χ0n) is 11.9. The highest BCUT2D eigenvalue weighted by Gasteiger charge is 2.16. The molecule has 0 saturated carbocycles. The van der Waals surface area contributed by atoms with Gasteiger partial charge in [-0.2, -0.15) is 5.10 Å². The summed E-state index contributed by atoms with van der Waals surface area (Å²) in [5.41, 5.74) is 1.75. The molecule has 106 valence electrons. The molecule has 0 radical (unpaired) electrons. The fourth-order valence-corrected chi connectivity index (χ4v) is 1.97. The van der Waals surface area contributed by atoms with Gasteiger partial charge in [-0.25, -0.2) is 4.39 Å². The number of nitrogens with one attached hydrogen (secondary N) is 1. The molecule has 0 aliphatic rings. The number of carbonyl (C=O) groups is 1. The topological polar surface area (TPSA) is 46.9 Å². The van der Waals surface area contributed by atoms with E-state index in [4.69, 9.17) is 0 Å². The first-order valence-corrected chi connectivity index (χ1v) is 6.66. The molecule has 0 saturated heterocycles. The van der Waals surface area contributed by atoms with Crippen LogP contribution in [0.3, 0.4) is 0 Å². The number of aromatic nitrogens is 2. The van der Waals surface area contributed by atoms with E-state index in [1.807, 2.05) is 20.8 Å². The van der Waals surface area contributed by atoms with Crippen LogP contribution >= 0.6 is 0 Å². The van der Waals surface area contributed by atoms with Gasteiger partial charge in [0.15, 0.2) is 0 Å². The van der Waals surface area contributed by atoms with Crippen LogP contribution in [0.15, 0.2) is 30.3 Å². The summed E-state index contributed by atoms with van der Waals surface area (Å²) in [7, 11) is 0. The summed E-state index contributed by atoms with van der Waals surface area (Å²) in [4.78, 5) is 12.1. The zero-order chi connectivity index (χ0) is 14.7. The van der Waals surface area contributed by atoms with E-state index < -0.39 is 0 Å². The molecule has 1 N–H and O–H groups in total. The first-order chi connectivity index (χ1) is 9.51. The van der Waals surface area contributed by atoms with Crippen molar-refractivity contribution in [2.24, 2.45) is 0 Å². The van der Waals surface area contributed by atoms with E-state index in [0.29, 0.717) is 23.5 Å². The number of benzene rings is 1. The molecule has 0 aliphatic carbocycles. The molecule has 1 aromatic carbocycles. The molecule has 1 aromatic heterocycles. The molecule has 1 amide bonds. The average molecular weight is 275 g/mol. The fraction of sp³-hybridized carbons (Fsp3) is 0.333. The Balaban J connectivity index is 2.38. The fourth-order valence-electron chi connectivity index (χ4n) is 1.97. The number of hydrogen-bond acceptors (Lipinski definition) is 2. The lowest BCUT2D eigenvalue weighted by Crippen LogP contribution is -2.31. The summed E-state index contributed by atoms with van der Waals surface area (Å²) in [6.07, 6.45) is 0. The van der Waals surface area contributed by atoms with Gasteiger partial charge in [0, 0.05) is 18.2 Å². The molecular weight excluding hydrogens is 257 g/mol. The largest absolute Gasteiger partial charge is 0.349 e. The minimum Gasteiger partial charge on any atom is -0.349 e. The van der Waals surface area contributed by atoms with Gasteiger partial charge < -0.3 is 5.32 Å². The monoisotopic (exact) mass is 275 g/mol. The number of rotatable bonds is 4. The number of hydrogen-bond donors (Lipinski definition) is 1. The average Bonchev–Trinajstić information content (AvgIpc) is 2.82. The third-order valence-corrected chi connectivity index (χ3v) is 2.85. The minimum atomic E-state index is -0.318. The standard InChI is InChI=1S/C15H18FN3O/c1-4-19-14(15(20)17-10(2)3)9-13(18-19)11-6-5-7-12(16)8-11/h5-10H,4H2,1-3H3,(H,17,20). The highest BCUT2D eigenvalue weighted by molar-refractivity contribution is 5.93. The number of amides is 1. The number of carbonyl (C=O) groups excluding carboxylic acids is 1. The number of nitrogens with zero attached hydrogens (tertiary/aromatic N) is 2. The number of halogens is 1. The molecule has 0 aliphatic heterocycles. The van der Waals surface area contributed by atoms with Gasteiger partial charge in [-0.05, 0) is 39.0 Å². The molecule has 2 rings (SSSR count). The first-order valence-electron chi connectivity index (χ1n) is 6.66. The van der Waals surface area contributed by atoms with E-state index in [0.717, 1.165) is 0 Å². The second kappa shape index (κ2) is 5.86. The summed E-state index contributed by atoms with van der Waals surface area (Å²) in [6.45, 7) is 6.29. The van der Waals surface area contributed by atoms with Crippen molar-refractivity contribution in [1.82, 2.24) is 15.1 Å². The van der Waals surface area contributed by atoms with Crippen molar-refractivity contribution in [1.29, 1.82) is 0 Å². The van der Waals surface area contributed by atoms with Crippen LogP contribution in [0, 0.1) is 5.82 Å². The summed E-state index contributed by atoms with van der Waals surface area (Å²) in [5, 5.41) is 7.19. The van der Waals surface area contributed by atoms with Crippen LogP contribution in [-0.2, 0) is 6.54 Å². The lowest BCUT2D eigenvalue weighted by Gasteiger charge is -2.08. The highest BCUT2D eigenvalue weighted by Crippen LogP contribution is 2.20. The van der Waals surface area contributed by atoms with Gasteiger partial charge in [-0.3, -0.25) is 9.48 Å². The first kappa shape index (κ1) is 14.2. The van der Waals surface area contributed by atoms with Crippen LogP contribution in [0.2, 0.25) is 0 Å². The Kier molecular flexibility index (Phi) is 4.17. The summed E-state index contributed by atoms with van der Waals surface area (Å²) in [6, 6.07) is 7.94. The maximum Gasteiger partial charge on any atom is 0.269 e. The van der Waals surface area contributed by atoms with Gasteiger partial charge in [-0.15, -0.1) is 0 Å². The molecule has 4 nitrogen and oxygen atoms in total.